The van der Waals surface area contributed by atoms with Crippen molar-refractivity contribution in [3.8, 4) is 22.5 Å². The first-order valence-corrected chi connectivity index (χ1v) is 10.1. The Morgan fingerprint density at radius 2 is 0.767 bits per heavy atom. The molecule has 0 unspecified atom stereocenters. The van der Waals surface area contributed by atoms with E-state index in [1.54, 1.807) is 0 Å². The monoisotopic (exact) mass is 382 g/mol. The Labute approximate surface area is 174 Å². The fraction of sp³-hybridized carbons (Fsp3) is 0. The largest absolute Gasteiger partial charge is 0.149 e. The van der Waals surface area contributed by atoms with Crippen molar-refractivity contribution in [3.05, 3.63) is 109 Å². The summed E-state index contributed by atoms with van der Waals surface area (Å²) < 4.78 is 0. The molecule has 1 heterocycles. The Bertz CT molecular complexity index is 1400. The maximum Gasteiger partial charge on any atom is 0.101 e. The molecule has 6 rings (SSSR count). The summed E-state index contributed by atoms with van der Waals surface area (Å²) in [4.78, 5) is 0. The zero-order chi connectivity index (χ0) is 19.9. The summed E-state index contributed by atoms with van der Waals surface area (Å²) in [5, 5.41) is 16.5. The minimum atomic E-state index is 0.917. The standard InChI is InChI=1S/C28H18N2/c1-3-9-19(10-4-1)27-25-17-23-15-21-13-7-8-14-22(21)16-24(23)18-26(25)28(30-29-27)20-11-5-2-6-12-20/h1-18H. The van der Waals surface area contributed by atoms with Crippen molar-refractivity contribution in [1.29, 1.82) is 0 Å². The smallest absolute Gasteiger partial charge is 0.101 e. The van der Waals surface area contributed by atoms with Gasteiger partial charge in [-0.25, -0.2) is 0 Å². The van der Waals surface area contributed by atoms with Crippen LogP contribution < -0.4 is 0 Å². The van der Waals surface area contributed by atoms with Crippen LogP contribution in [0.25, 0.3) is 54.8 Å². The van der Waals surface area contributed by atoms with Gasteiger partial charge >= 0.3 is 0 Å². The normalized spacial score (nSPS) is 11.3. The fourth-order valence-electron chi connectivity index (χ4n) is 4.21. The topological polar surface area (TPSA) is 25.8 Å². The van der Waals surface area contributed by atoms with Gasteiger partial charge in [0.2, 0.25) is 0 Å². The van der Waals surface area contributed by atoms with Gasteiger partial charge in [0.1, 0.15) is 11.4 Å². The van der Waals surface area contributed by atoms with Crippen molar-refractivity contribution in [2.24, 2.45) is 0 Å². The van der Waals surface area contributed by atoms with Crippen LogP contribution in [0.3, 0.4) is 0 Å². The SMILES string of the molecule is c1ccc(-c2nnc(-c3ccccc3)c3cc4cc5ccccc5cc4cc23)cc1. The van der Waals surface area contributed by atoms with Crippen LogP contribution in [0.5, 0.6) is 0 Å². The summed E-state index contributed by atoms with van der Waals surface area (Å²) in [6.07, 6.45) is 0. The van der Waals surface area contributed by atoms with Crippen LogP contribution in [-0.4, -0.2) is 10.2 Å². The number of fused-ring (bicyclic) bond motifs is 3. The highest BCUT2D eigenvalue weighted by Gasteiger charge is 2.14. The predicted molar refractivity (Wildman–Crippen MR) is 125 cm³/mol. The zero-order valence-corrected chi connectivity index (χ0v) is 16.3. The summed E-state index contributed by atoms with van der Waals surface area (Å²) in [6.45, 7) is 0. The quantitative estimate of drug-likeness (QED) is 0.294. The fourth-order valence-corrected chi connectivity index (χ4v) is 4.21. The van der Waals surface area contributed by atoms with E-state index < -0.39 is 0 Å². The van der Waals surface area contributed by atoms with Crippen LogP contribution in [0.1, 0.15) is 0 Å². The summed E-state index contributed by atoms with van der Waals surface area (Å²) in [5.41, 5.74) is 3.99. The molecule has 2 nitrogen and oxygen atoms in total. The van der Waals surface area contributed by atoms with Gasteiger partial charge in [-0.2, -0.15) is 0 Å². The Hall–Kier alpha value is -4.04. The minimum Gasteiger partial charge on any atom is -0.149 e. The van der Waals surface area contributed by atoms with Crippen molar-refractivity contribution < 1.29 is 0 Å². The molecule has 2 heteroatoms. The lowest BCUT2D eigenvalue weighted by molar-refractivity contribution is 1.06. The molecule has 0 aliphatic carbocycles. The minimum absolute atomic E-state index is 0.917. The molecule has 0 amide bonds. The van der Waals surface area contributed by atoms with Gasteiger partial charge in [0.05, 0.1) is 0 Å². The molecule has 140 valence electrons. The average molecular weight is 382 g/mol. The molecule has 6 aromatic rings. The van der Waals surface area contributed by atoms with E-state index in [0.29, 0.717) is 0 Å². The molecule has 0 radical (unpaired) electrons. The molecule has 0 aliphatic rings. The van der Waals surface area contributed by atoms with Crippen molar-refractivity contribution in [1.82, 2.24) is 10.2 Å². The van der Waals surface area contributed by atoms with E-state index in [4.69, 9.17) is 0 Å². The van der Waals surface area contributed by atoms with E-state index in [2.05, 4.69) is 83.0 Å². The van der Waals surface area contributed by atoms with E-state index in [1.807, 2.05) is 36.4 Å². The molecule has 0 aliphatic heterocycles. The number of nitrogens with zero attached hydrogens (tertiary/aromatic N) is 2. The summed E-state index contributed by atoms with van der Waals surface area (Å²) in [6, 6.07) is 38.2. The molecule has 1 aromatic heterocycles. The van der Waals surface area contributed by atoms with Crippen molar-refractivity contribution >= 4 is 32.3 Å². The highest BCUT2D eigenvalue weighted by molar-refractivity contribution is 6.11. The number of benzene rings is 5. The zero-order valence-electron chi connectivity index (χ0n) is 16.3. The molecular formula is C28H18N2. The Morgan fingerprint density at radius 3 is 1.20 bits per heavy atom. The number of hydrogen-bond donors (Lipinski definition) is 0. The summed E-state index contributed by atoms with van der Waals surface area (Å²) in [5.74, 6) is 0. The van der Waals surface area contributed by atoms with E-state index in [9.17, 15) is 0 Å². The molecule has 0 fully saturated rings. The predicted octanol–water partition coefficient (Wildman–Crippen LogP) is 7.27. The van der Waals surface area contributed by atoms with Crippen LogP contribution in [-0.2, 0) is 0 Å². The average Bonchev–Trinajstić information content (AvgIpc) is 2.82. The third kappa shape index (κ3) is 2.73. The molecule has 0 saturated carbocycles. The molecule has 0 atom stereocenters. The molecule has 0 bridgehead atoms. The van der Waals surface area contributed by atoms with E-state index in [0.717, 1.165) is 33.3 Å². The van der Waals surface area contributed by atoms with Crippen LogP contribution in [0.2, 0.25) is 0 Å². The highest BCUT2D eigenvalue weighted by Crippen LogP contribution is 2.36. The van der Waals surface area contributed by atoms with Gasteiger partial charge in [0.15, 0.2) is 0 Å². The summed E-state index contributed by atoms with van der Waals surface area (Å²) in [7, 11) is 0. The number of aromatic nitrogens is 2. The lowest BCUT2D eigenvalue weighted by Gasteiger charge is -2.12. The Balaban J connectivity index is 1.74. The lowest BCUT2D eigenvalue weighted by Crippen LogP contribution is -1.95. The second kappa shape index (κ2) is 6.78. The van der Waals surface area contributed by atoms with E-state index in [-0.39, 0.29) is 0 Å². The maximum absolute atomic E-state index is 4.67. The first kappa shape index (κ1) is 16.9. The number of rotatable bonds is 2. The van der Waals surface area contributed by atoms with Gasteiger partial charge in [-0.15, -0.1) is 10.2 Å². The van der Waals surface area contributed by atoms with Gasteiger partial charge < -0.3 is 0 Å². The molecule has 30 heavy (non-hydrogen) atoms. The lowest BCUT2D eigenvalue weighted by atomic mass is 9.95. The van der Waals surface area contributed by atoms with Gasteiger partial charge in [-0.1, -0.05) is 84.9 Å². The summed E-state index contributed by atoms with van der Waals surface area (Å²) >= 11 is 0. The first-order valence-electron chi connectivity index (χ1n) is 10.1. The van der Waals surface area contributed by atoms with Crippen LogP contribution in [0.4, 0.5) is 0 Å². The van der Waals surface area contributed by atoms with Crippen molar-refractivity contribution in [2.45, 2.75) is 0 Å². The molecule has 0 spiro atoms. The highest BCUT2D eigenvalue weighted by atomic mass is 15.1. The van der Waals surface area contributed by atoms with Crippen LogP contribution >= 0.6 is 0 Å². The van der Waals surface area contributed by atoms with Crippen LogP contribution in [0.15, 0.2) is 109 Å². The molecule has 5 aromatic carbocycles. The Morgan fingerprint density at radius 1 is 0.367 bits per heavy atom. The molecular weight excluding hydrogens is 364 g/mol. The number of hydrogen-bond acceptors (Lipinski definition) is 2. The second-order valence-electron chi connectivity index (χ2n) is 7.57. The van der Waals surface area contributed by atoms with Crippen LogP contribution in [0, 0.1) is 0 Å². The third-order valence-corrected chi connectivity index (χ3v) is 5.70. The Kier molecular flexibility index (Phi) is 3.82. The maximum atomic E-state index is 4.67. The first-order chi connectivity index (χ1) is 14.9. The van der Waals surface area contributed by atoms with Gasteiger partial charge in [-0.05, 0) is 45.8 Å². The second-order valence-corrected chi connectivity index (χ2v) is 7.57. The van der Waals surface area contributed by atoms with E-state index in [1.165, 1.54) is 21.5 Å². The molecule has 0 saturated heterocycles. The van der Waals surface area contributed by atoms with Crippen molar-refractivity contribution in [2.75, 3.05) is 0 Å². The third-order valence-electron chi connectivity index (χ3n) is 5.70. The molecule has 0 N–H and O–H groups in total. The van der Waals surface area contributed by atoms with Gasteiger partial charge in [0.25, 0.3) is 0 Å². The van der Waals surface area contributed by atoms with Crippen molar-refractivity contribution in [3.63, 3.8) is 0 Å². The van der Waals surface area contributed by atoms with Gasteiger partial charge in [0, 0.05) is 21.9 Å². The van der Waals surface area contributed by atoms with Gasteiger partial charge in [-0.3, -0.25) is 0 Å². The van der Waals surface area contributed by atoms with E-state index >= 15 is 0 Å².